The molecule has 0 aromatic heterocycles. The summed E-state index contributed by atoms with van der Waals surface area (Å²) >= 11 is 1.67. The van der Waals surface area contributed by atoms with Crippen molar-refractivity contribution in [3.63, 3.8) is 0 Å². The molecule has 0 heterocycles. The van der Waals surface area contributed by atoms with Crippen molar-refractivity contribution in [1.29, 1.82) is 5.26 Å². The zero-order valence-corrected chi connectivity index (χ0v) is 15.9. The van der Waals surface area contributed by atoms with E-state index in [1.807, 2.05) is 37.4 Å². The minimum absolute atomic E-state index is 0.212. The summed E-state index contributed by atoms with van der Waals surface area (Å²) in [6, 6.07) is 14.4. The lowest BCUT2D eigenvalue weighted by molar-refractivity contribution is 0.625. The molecule has 136 valence electrons. The first-order valence-corrected chi connectivity index (χ1v) is 9.83. The van der Waals surface area contributed by atoms with E-state index in [0.29, 0.717) is 24.6 Å². The topological polar surface area (TPSA) is 60.2 Å². The number of aliphatic imine (C=N–C) groups is 1. The minimum Gasteiger partial charge on any atom is -0.357 e. The number of guanidine groups is 1. The van der Waals surface area contributed by atoms with Gasteiger partial charge in [0.05, 0.1) is 18.2 Å². The van der Waals surface area contributed by atoms with Crippen LogP contribution in [0.3, 0.4) is 0 Å². The fourth-order valence-corrected chi connectivity index (χ4v) is 3.07. The molecule has 2 N–H and O–H groups in total. The maximum absolute atomic E-state index is 13.5. The Kier molecular flexibility index (Phi) is 7.97. The Morgan fingerprint density at radius 1 is 1.19 bits per heavy atom. The second-order valence-corrected chi connectivity index (χ2v) is 6.57. The van der Waals surface area contributed by atoms with E-state index in [-0.39, 0.29) is 5.82 Å². The summed E-state index contributed by atoms with van der Waals surface area (Å²) in [5.41, 5.74) is 3.65. The van der Waals surface area contributed by atoms with Crippen molar-refractivity contribution in [3.8, 4) is 6.07 Å². The number of hydrogen-bond acceptors (Lipinski definition) is 3. The smallest absolute Gasteiger partial charge is 0.191 e. The summed E-state index contributed by atoms with van der Waals surface area (Å²) in [5, 5.41) is 15.5. The summed E-state index contributed by atoms with van der Waals surface area (Å²) < 4.78 is 13.5. The Balaban J connectivity index is 2.07. The maximum atomic E-state index is 13.5. The van der Waals surface area contributed by atoms with Gasteiger partial charge in [0.1, 0.15) is 5.82 Å². The Morgan fingerprint density at radius 3 is 2.77 bits per heavy atom. The highest BCUT2D eigenvalue weighted by Gasteiger charge is 2.05. The Hall–Kier alpha value is -2.52. The highest BCUT2D eigenvalue weighted by molar-refractivity contribution is 7.97. The molecule has 0 amide bonds. The number of hydrogen-bond donors (Lipinski definition) is 2. The van der Waals surface area contributed by atoms with Crippen molar-refractivity contribution in [2.24, 2.45) is 4.99 Å². The molecule has 0 aliphatic rings. The van der Waals surface area contributed by atoms with Crippen molar-refractivity contribution < 1.29 is 4.39 Å². The van der Waals surface area contributed by atoms with Crippen molar-refractivity contribution in [3.05, 3.63) is 70.5 Å². The zero-order chi connectivity index (χ0) is 18.8. The Labute approximate surface area is 158 Å². The van der Waals surface area contributed by atoms with Crippen LogP contribution in [-0.4, -0.2) is 18.8 Å². The van der Waals surface area contributed by atoms with Gasteiger partial charge in [-0.1, -0.05) is 18.2 Å². The Morgan fingerprint density at radius 2 is 2.04 bits per heavy atom. The van der Waals surface area contributed by atoms with Crippen molar-refractivity contribution in [2.75, 3.05) is 12.8 Å². The second kappa shape index (κ2) is 10.5. The fourth-order valence-electron chi connectivity index (χ4n) is 2.49. The third-order valence-electron chi connectivity index (χ3n) is 3.73. The van der Waals surface area contributed by atoms with E-state index >= 15 is 0 Å². The summed E-state index contributed by atoms with van der Waals surface area (Å²) in [5.74, 6) is 1.24. The molecule has 0 fully saturated rings. The lowest BCUT2D eigenvalue weighted by Crippen LogP contribution is -2.37. The predicted octanol–water partition coefficient (Wildman–Crippen LogP) is 3.82. The summed E-state index contributed by atoms with van der Waals surface area (Å²) in [7, 11) is 0. The van der Waals surface area contributed by atoms with E-state index in [1.165, 1.54) is 6.07 Å². The molecule has 6 heteroatoms. The monoisotopic (exact) mass is 370 g/mol. The predicted molar refractivity (Wildman–Crippen MR) is 106 cm³/mol. The van der Waals surface area contributed by atoms with E-state index in [2.05, 4.69) is 21.7 Å². The highest BCUT2D eigenvalue weighted by Crippen LogP contribution is 2.16. The van der Waals surface area contributed by atoms with Crippen LogP contribution in [-0.2, 0) is 18.8 Å². The number of halogens is 1. The number of nitrogens with one attached hydrogen (secondary N) is 2. The molecule has 0 spiro atoms. The molecule has 2 aromatic carbocycles. The van der Waals surface area contributed by atoms with Crippen LogP contribution in [0.25, 0.3) is 0 Å². The van der Waals surface area contributed by atoms with Gasteiger partial charge in [0.25, 0.3) is 0 Å². The largest absolute Gasteiger partial charge is 0.357 e. The average molecular weight is 370 g/mol. The lowest BCUT2D eigenvalue weighted by Gasteiger charge is -2.14. The van der Waals surface area contributed by atoms with Crippen molar-refractivity contribution in [2.45, 2.75) is 25.8 Å². The highest BCUT2D eigenvalue weighted by atomic mass is 32.2. The van der Waals surface area contributed by atoms with Crippen LogP contribution in [0.15, 0.2) is 47.5 Å². The average Bonchev–Trinajstić information content (AvgIpc) is 2.65. The summed E-state index contributed by atoms with van der Waals surface area (Å²) in [6.07, 6.45) is 2.00. The zero-order valence-electron chi connectivity index (χ0n) is 15.1. The molecule has 0 radical (unpaired) electrons. The molecule has 4 nitrogen and oxygen atoms in total. The molecule has 0 bridgehead atoms. The fraction of sp³-hybridized carbons (Fsp3) is 0.300. The van der Waals surface area contributed by atoms with Gasteiger partial charge in [-0.05, 0) is 54.1 Å². The van der Waals surface area contributed by atoms with Gasteiger partial charge in [0.2, 0.25) is 0 Å². The van der Waals surface area contributed by atoms with Crippen LogP contribution >= 0.6 is 11.8 Å². The van der Waals surface area contributed by atoms with E-state index in [0.717, 1.165) is 29.0 Å². The normalized spacial score (nSPS) is 11.1. The molecule has 0 atom stereocenters. The second-order valence-electron chi connectivity index (χ2n) is 5.71. The molecule has 2 rings (SSSR count). The summed E-state index contributed by atoms with van der Waals surface area (Å²) in [4.78, 5) is 4.57. The van der Waals surface area contributed by atoms with E-state index in [9.17, 15) is 4.39 Å². The molecule has 0 saturated carbocycles. The molecule has 0 saturated heterocycles. The number of nitriles is 1. The third-order valence-corrected chi connectivity index (χ3v) is 4.33. The molecule has 26 heavy (non-hydrogen) atoms. The van der Waals surface area contributed by atoms with Gasteiger partial charge >= 0.3 is 0 Å². The number of nitrogens with zero attached hydrogens (tertiary/aromatic N) is 2. The van der Waals surface area contributed by atoms with Gasteiger partial charge in [0.15, 0.2) is 5.96 Å². The minimum atomic E-state index is -0.212. The van der Waals surface area contributed by atoms with Gasteiger partial charge < -0.3 is 10.6 Å². The first kappa shape index (κ1) is 19.8. The van der Waals surface area contributed by atoms with Crippen molar-refractivity contribution in [1.82, 2.24) is 10.6 Å². The molecular formula is C20H23FN4S. The first-order valence-electron chi connectivity index (χ1n) is 8.43. The molecular weight excluding hydrogens is 347 g/mol. The van der Waals surface area contributed by atoms with Crippen LogP contribution < -0.4 is 10.6 Å². The van der Waals surface area contributed by atoms with Gasteiger partial charge in [0, 0.05) is 18.8 Å². The van der Waals surface area contributed by atoms with Crippen LogP contribution in [0.1, 0.15) is 29.2 Å². The van der Waals surface area contributed by atoms with Crippen LogP contribution in [0.5, 0.6) is 0 Å². The van der Waals surface area contributed by atoms with Crippen LogP contribution in [0, 0.1) is 17.1 Å². The molecule has 0 aliphatic carbocycles. The number of benzene rings is 2. The summed E-state index contributed by atoms with van der Waals surface area (Å²) in [6.45, 7) is 3.79. The third kappa shape index (κ3) is 6.08. The SMILES string of the molecule is CCNC(=NCc1cccc(C#N)c1)NCc1ccc(F)cc1CSC. The van der Waals surface area contributed by atoms with Gasteiger partial charge in [-0.25, -0.2) is 9.38 Å². The van der Waals surface area contributed by atoms with E-state index < -0.39 is 0 Å². The van der Waals surface area contributed by atoms with Crippen LogP contribution in [0.2, 0.25) is 0 Å². The first-order chi connectivity index (χ1) is 12.7. The number of rotatable bonds is 7. The van der Waals surface area contributed by atoms with Gasteiger partial charge in [-0.15, -0.1) is 0 Å². The van der Waals surface area contributed by atoms with E-state index in [4.69, 9.17) is 5.26 Å². The van der Waals surface area contributed by atoms with Gasteiger partial charge in [-0.3, -0.25) is 0 Å². The Bertz CT molecular complexity index is 799. The number of thioether (sulfide) groups is 1. The van der Waals surface area contributed by atoms with Crippen molar-refractivity contribution >= 4 is 17.7 Å². The maximum Gasteiger partial charge on any atom is 0.191 e. The van der Waals surface area contributed by atoms with Gasteiger partial charge in [-0.2, -0.15) is 17.0 Å². The molecule has 2 aromatic rings. The molecule has 0 aliphatic heterocycles. The standard InChI is InChI=1S/C20H23FN4S/c1-3-23-20(24-12-16-6-4-5-15(9-16)11-22)25-13-17-7-8-19(21)10-18(17)14-26-2/h4-10H,3,12-14H2,1-2H3,(H2,23,24,25). The lowest BCUT2D eigenvalue weighted by atomic mass is 10.1. The van der Waals surface area contributed by atoms with E-state index in [1.54, 1.807) is 23.9 Å². The van der Waals surface area contributed by atoms with Crippen LogP contribution in [0.4, 0.5) is 4.39 Å². The molecule has 0 unspecified atom stereocenters. The quantitative estimate of drug-likeness (QED) is 0.575.